The van der Waals surface area contributed by atoms with E-state index >= 15 is 0 Å². The first-order valence-electron chi connectivity index (χ1n) is 5.62. The number of rotatable bonds is 4. The lowest BCUT2D eigenvalue weighted by atomic mass is 9.86. The van der Waals surface area contributed by atoms with Crippen molar-refractivity contribution in [1.29, 1.82) is 0 Å². The minimum Gasteiger partial charge on any atom is -0.468 e. The molecule has 90 valence electrons. The lowest BCUT2D eigenvalue weighted by Crippen LogP contribution is -2.48. The van der Waals surface area contributed by atoms with Gasteiger partial charge in [0.25, 0.3) is 0 Å². The van der Waals surface area contributed by atoms with Crippen LogP contribution in [-0.2, 0) is 9.53 Å². The van der Waals surface area contributed by atoms with Crippen molar-refractivity contribution in [3.63, 3.8) is 0 Å². The second-order valence-corrected chi connectivity index (χ2v) is 5.43. The van der Waals surface area contributed by atoms with Gasteiger partial charge in [-0.1, -0.05) is 12.2 Å². The molecule has 1 saturated heterocycles. The van der Waals surface area contributed by atoms with Crippen LogP contribution in [0.3, 0.4) is 0 Å². The maximum atomic E-state index is 11.9. The van der Waals surface area contributed by atoms with Gasteiger partial charge in [-0.3, -0.25) is 4.79 Å². The van der Waals surface area contributed by atoms with Gasteiger partial charge in [0.2, 0.25) is 0 Å². The number of alkyl halides is 1. The Morgan fingerprint density at radius 1 is 1.56 bits per heavy atom. The Bertz CT molecular complexity index is 325. The minimum absolute atomic E-state index is 0.178. The molecule has 1 heterocycles. The van der Waals surface area contributed by atoms with Crippen LogP contribution >= 0.6 is 11.6 Å². The molecule has 1 aliphatic carbocycles. The van der Waals surface area contributed by atoms with Crippen molar-refractivity contribution in [2.24, 2.45) is 5.41 Å². The van der Waals surface area contributed by atoms with Gasteiger partial charge >= 0.3 is 5.97 Å². The summed E-state index contributed by atoms with van der Waals surface area (Å²) in [6.07, 6.45) is 3.88. The fourth-order valence-corrected chi connectivity index (χ4v) is 2.76. The van der Waals surface area contributed by atoms with Crippen molar-refractivity contribution in [3.8, 4) is 0 Å². The number of carbonyl (C=O) groups is 1. The van der Waals surface area contributed by atoms with Crippen LogP contribution in [0.1, 0.15) is 25.7 Å². The summed E-state index contributed by atoms with van der Waals surface area (Å²) in [7, 11) is 1.44. The van der Waals surface area contributed by atoms with Crippen LogP contribution in [0.15, 0.2) is 12.2 Å². The third kappa shape index (κ3) is 1.98. The number of nitrogens with one attached hydrogen (secondary N) is 1. The van der Waals surface area contributed by atoms with Gasteiger partial charge in [-0.15, -0.1) is 11.6 Å². The quantitative estimate of drug-likeness (QED) is 0.465. The largest absolute Gasteiger partial charge is 0.468 e. The van der Waals surface area contributed by atoms with Crippen molar-refractivity contribution in [2.45, 2.75) is 31.2 Å². The Hall–Kier alpha value is -0.540. The van der Waals surface area contributed by atoms with Crippen LogP contribution in [0, 0.1) is 5.41 Å². The Morgan fingerprint density at radius 2 is 2.25 bits per heavy atom. The zero-order chi connectivity index (χ0) is 11.8. The van der Waals surface area contributed by atoms with Crippen LogP contribution in [0.25, 0.3) is 0 Å². The summed E-state index contributed by atoms with van der Waals surface area (Å²) in [4.78, 5) is 11.9. The minimum atomic E-state index is -0.572. The predicted molar refractivity (Wildman–Crippen MR) is 63.5 cm³/mol. The summed E-state index contributed by atoms with van der Waals surface area (Å²) in [6, 6.07) is 0. The van der Waals surface area contributed by atoms with E-state index in [0.717, 1.165) is 18.5 Å². The normalized spacial score (nSPS) is 30.4. The molecule has 4 heteroatoms. The molecule has 0 radical (unpaired) electrons. The molecular formula is C12H18ClNO2. The summed E-state index contributed by atoms with van der Waals surface area (Å²) < 4.78 is 4.92. The van der Waals surface area contributed by atoms with E-state index in [1.807, 2.05) is 0 Å². The fourth-order valence-electron chi connectivity index (χ4n) is 2.66. The standard InChI is InChI=1S/C12H18ClNO2/c1-9(6-13)5-12(10(15)16-2)7-11(3-4-11)8-14-12/h14H,1,3-8H2,2H3/t12-/m0/s1. The molecule has 2 fully saturated rings. The van der Waals surface area contributed by atoms with Crippen LogP contribution in [-0.4, -0.2) is 31.0 Å². The molecule has 0 bridgehead atoms. The summed E-state index contributed by atoms with van der Waals surface area (Å²) in [6.45, 7) is 4.80. The van der Waals surface area contributed by atoms with E-state index in [4.69, 9.17) is 16.3 Å². The monoisotopic (exact) mass is 243 g/mol. The molecule has 0 aromatic carbocycles. The molecule has 0 unspecified atom stereocenters. The van der Waals surface area contributed by atoms with E-state index in [0.29, 0.717) is 17.7 Å². The smallest absolute Gasteiger partial charge is 0.326 e. The van der Waals surface area contributed by atoms with Crippen molar-refractivity contribution in [3.05, 3.63) is 12.2 Å². The van der Waals surface area contributed by atoms with E-state index in [1.54, 1.807) is 0 Å². The lowest BCUT2D eigenvalue weighted by Gasteiger charge is -2.27. The number of hydrogen-bond donors (Lipinski definition) is 1. The second kappa shape index (κ2) is 4.04. The molecule has 0 aromatic heterocycles. The molecule has 0 amide bonds. The highest BCUT2D eigenvalue weighted by atomic mass is 35.5. The third-order valence-corrected chi connectivity index (χ3v) is 4.13. The van der Waals surface area contributed by atoms with Crippen molar-refractivity contribution < 1.29 is 9.53 Å². The first-order valence-corrected chi connectivity index (χ1v) is 6.15. The van der Waals surface area contributed by atoms with E-state index < -0.39 is 5.54 Å². The number of methoxy groups -OCH3 is 1. The average molecular weight is 244 g/mol. The summed E-state index contributed by atoms with van der Waals surface area (Å²) >= 11 is 5.75. The molecule has 1 aliphatic heterocycles. The Morgan fingerprint density at radius 3 is 2.69 bits per heavy atom. The molecular weight excluding hydrogens is 226 g/mol. The van der Waals surface area contributed by atoms with Crippen molar-refractivity contribution in [1.82, 2.24) is 5.32 Å². The first kappa shape index (κ1) is 11.9. The summed E-state index contributed by atoms with van der Waals surface area (Å²) in [5, 5.41) is 3.34. The number of halogens is 1. The molecule has 1 atom stereocenters. The molecule has 1 N–H and O–H groups in total. The maximum absolute atomic E-state index is 11.9. The van der Waals surface area contributed by atoms with Gasteiger partial charge in [0.15, 0.2) is 0 Å². The molecule has 16 heavy (non-hydrogen) atoms. The first-order chi connectivity index (χ1) is 7.56. The zero-order valence-corrected chi connectivity index (χ0v) is 10.4. The van der Waals surface area contributed by atoms with Crippen LogP contribution < -0.4 is 5.32 Å². The van der Waals surface area contributed by atoms with Gasteiger partial charge in [-0.2, -0.15) is 0 Å². The Balaban J connectivity index is 2.13. The van der Waals surface area contributed by atoms with E-state index in [9.17, 15) is 4.79 Å². The zero-order valence-electron chi connectivity index (χ0n) is 9.64. The molecule has 0 aromatic rings. The number of hydrogen-bond acceptors (Lipinski definition) is 3. The number of carbonyl (C=O) groups excluding carboxylic acids is 1. The molecule has 1 saturated carbocycles. The van der Waals surface area contributed by atoms with Gasteiger partial charge in [0.1, 0.15) is 5.54 Å². The highest BCUT2D eigenvalue weighted by Crippen LogP contribution is 2.55. The van der Waals surface area contributed by atoms with Crippen molar-refractivity contribution in [2.75, 3.05) is 19.5 Å². The second-order valence-electron chi connectivity index (χ2n) is 5.16. The molecule has 2 aliphatic rings. The molecule has 1 spiro atoms. The lowest BCUT2D eigenvalue weighted by molar-refractivity contribution is -0.148. The average Bonchev–Trinajstić information content (AvgIpc) is 2.93. The van der Waals surface area contributed by atoms with Crippen molar-refractivity contribution >= 4 is 17.6 Å². The Labute approximate surface area is 101 Å². The third-order valence-electron chi connectivity index (χ3n) is 3.75. The fraction of sp³-hybridized carbons (Fsp3) is 0.750. The highest BCUT2D eigenvalue weighted by molar-refractivity contribution is 6.19. The summed E-state index contributed by atoms with van der Waals surface area (Å²) in [5.74, 6) is 0.218. The van der Waals surface area contributed by atoms with E-state index in [2.05, 4.69) is 11.9 Å². The highest BCUT2D eigenvalue weighted by Gasteiger charge is 2.58. The van der Waals surface area contributed by atoms with Crippen LogP contribution in [0.4, 0.5) is 0 Å². The van der Waals surface area contributed by atoms with Gasteiger partial charge < -0.3 is 10.1 Å². The van der Waals surface area contributed by atoms with Crippen LogP contribution in [0.2, 0.25) is 0 Å². The SMILES string of the molecule is C=C(CCl)C[C@@]1(C(=O)OC)CC2(CC2)CN1. The van der Waals surface area contributed by atoms with Gasteiger partial charge in [0, 0.05) is 12.4 Å². The van der Waals surface area contributed by atoms with E-state index in [1.165, 1.54) is 20.0 Å². The van der Waals surface area contributed by atoms with Gasteiger partial charge in [0.05, 0.1) is 7.11 Å². The predicted octanol–water partition coefficient (Wildman–Crippen LogP) is 1.86. The topological polar surface area (TPSA) is 38.3 Å². The van der Waals surface area contributed by atoms with Gasteiger partial charge in [-0.05, 0) is 31.1 Å². The molecule has 3 nitrogen and oxygen atoms in total. The van der Waals surface area contributed by atoms with Gasteiger partial charge in [-0.25, -0.2) is 0 Å². The number of esters is 1. The maximum Gasteiger partial charge on any atom is 0.326 e. The Kier molecular flexibility index (Phi) is 3.01. The number of ether oxygens (including phenoxy) is 1. The van der Waals surface area contributed by atoms with Crippen LogP contribution in [0.5, 0.6) is 0 Å². The molecule has 2 rings (SSSR count). The van der Waals surface area contributed by atoms with E-state index in [-0.39, 0.29) is 5.97 Å². The summed E-state index contributed by atoms with van der Waals surface area (Å²) in [5.41, 5.74) is 0.662.